The predicted molar refractivity (Wildman–Crippen MR) is 105 cm³/mol. The molecule has 3 aliphatic rings. The zero-order valence-electron chi connectivity index (χ0n) is 15.9. The third-order valence-corrected chi connectivity index (χ3v) is 7.22. The molecule has 9 heteroatoms. The van der Waals surface area contributed by atoms with Crippen molar-refractivity contribution in [3.63, 3.8) is 0 Å². The Morgan fingerprint density at radius 2 is 1.83 bits per heavy atom. The lowest BCUT2D eigenvalue weighted by molar-refractivity contribution is -0.0392. The van der Waals surface area contributed by atoms with Crippen molar-refractivity contribution in [2.24, 2.45) is 4.36 Å². The molecule has 1 aromatic heterocycles. The Kier molecular flexibility index (Phi) is 4.45. The molecule has 6 nitrogen and oxygen atoms in total. The topological polar surface area (TPSA) is 76.3 Å². The second kappa shape index (κ2) is 6.90. The van der Waals surface area contributed by atoms with E-state index in [9.17, 15) is 17.8 Å². The fraction of sp³-hybridized carbons (Fsp3) is 0.500. The van der Waals surface area contributed by atoms with Crippen LogP contribution < -0.4 is 5.32 Å². The van der Waals surface area contributed by atoms with E-state index in [1.807, 2.05) is 0 Å². The van der Waals surface area contributed by atoms with E-state index in [2.05, 4.69) is 20.8 Å². The molecule has 0 saturated heterocycles. The van der Waals surface area contributed by atoms with Gasteiger partial charge >= 0.3 is 6.03 Å². The molecule has 0 spiro atoms. The van der Waals surface area contributed by atoms with E-state index in [0.717, 1.165) is 61.5 Å². The van der Waals surface area contributed by atoms with Crippen molar-refractivity contribution in [1.29, 1.82) is 0 Å². The van der Waals surface area contributed by atoms with Crippen LogP contribution in [0.1, 0.15) is 53.6 Å². The number of urea groups is 1. The average Bonchev–Trinajstić information content (AvgIpc) is 3.40. The highest BCUT2D eigenvalue weighted by atomic mass is 32.2. The maximum atomic E-state index is 14.3. The van der Waals surface area contributed by atoms with Crippen LogP contribution in [-0.2, 0) is 48.7 Å². The number of fused-ring (bicyclic) bond motifs is 3. The summed E-state index contributed by atoms with van der Waals surface area (Å²) in [5.74, 6) is -3.11. The van der Waals surface area contributed by atoms with Gasteiger partial charge in [0.15, 0.2) is 0 Å². The summed E-state index contributed by atoms with van der Waals surface area (Å²) in [6.45, 7) is 0.350. The summed E-state index contributed by atoms with van der Waals surface area (Å²) in [5.41, 5.74) is 5.22. The minimum atomic E-state index is -3.11. The summed E-state index contributed by atoms with van der Waals surface area (Å²) >= 11 is 0. The number of hydrogen-bond acceptors (Lipinski definition) is 3. The summed E-state index contributed by atoms with van der Waals surface area (Å²) in [4.78, 5) is 12.4. The van der Waals surface area contributed by atoms with Gasteiger partial charge in [-0.2, -0.15) is 13.9 Å². The molecule has 0 fully saturated rings. The third-order valence-electron chi connectivity index (χ3n) is 6.12. The molecular weight excluding hydrogens is 398 g/mol. The molecule has 0 radical (unpaired) electrons. The average molecular weight is 420 g/mol. The van der Waals surface area contributed by atoms with Crippen LogP contribution >= 0.6 is 0 Å². The number of rotatable bonds is 2. The minimum Gasteiger partial charge on any atom is -0.305 e. The summed E-state index contributed by atoms with van der Waals surface area (Å²) in [5, 5.41) is 6.75. The van der Waals surface area contributed by atoms with Crippen LogP contribution in [0.2, 0.25) is 0 Å². The number of amides is 2. The van der Waals surface area contributed by atoms with Crippen molar-refractivity contribution in [2.45, 2.75) is 68.7 Å². The van der Waals surface area contributed by atoms with Gasteiger partial charge < -0.3 is 5.32 Å². The van der Waals surface area contributed by atoms with Crippen LogP contribution in [-0.4, -0.2) is 20.0 Å². The van der Waals surface area contributed by atoms with Gasteiger partial charge in [0.05, 0.1) is 21.7 Å². The number of carbonyl (C=O) groups is 1. The molecule has 1 N–H and O–H groups in total. The van der Waals surface area contributed by atoms with Gasteiger partial charge in [0, 0.05) is 18.7 Å². The molecule has 2 aliphatic carbocycles. The zero-order valence-corrected chi connectivity index (χ0v) is 16.8. The second-order valence-corrected chi connectivity index (χ2v) is 9.17. The van der Waals surface area contributed by atoms with Gasteiger partial charge in [-0.3, -0.25) is 4.68 Å². The molecular formula is C20H22F2N4O2S. The lowest BCUT2D eigenvalue weighted by atomic mass is 9.99. The molecule has 5 rings (SSSR count). The maximum absolute atomic E-state index is 14.3. The van der Waals surface area contributed by atoms with E-state index in [1.54, 1.807) is 0 Å². The monoisotopic (exact) mass is 420 g/mol. The number of carbonyl (C=O) groups excluding carboxylic acids is 1. The number of hydrogen-bond donors (Lipinski definition) is 2. The largest absolute Gasteiger partial charge is 0.353 e. The van der Waals surface area contributed by atoms with E-state index >= 15 is 0 Å². The van der Waals surface area contributed by atoms with Gasteiger partial charge in [0.25, 0.3) is 5.92 Å². The summed E-state index contributed by atoms with van der Waals surface area (Å²) < 4.78 is 46.2. The van der Waals surface area contributed by atoms with Crippen molar-refractivity contribution in [2.75, 3.05) is 5.32 Å². The maximum Gasteiger partial charge on any atom is 0.353 e. The first kappa shape index (κ1) is 18.7. The van der Waals surface area contributed by atoms with E-state index in [-0.39, 0.29) is 17.0 Å². The third kappa shape index (κ3) is 3.15. The number of benzene rings is 1. The summed E-state index contributed by atoms with van der Waals surface area (Å²) in [7, 11) is -2.66. The van der Waals surface area contributed by atoms with Crippen LogP contribution in [0.5, 0.6) is 0 Å². The van der Waals surface area contributed by atoms with Crippen LogP contribution in [0.15, 0.2) is 21.5 Å². The number of alkyl halides is 2. The van der Waals surface area contributed by atoms with Crippen LogP contribution in [0, 0.1) is 0 Å². The Morgan fingerprint density at radius 1 is 1.14 bits per heavy atom. The van der Waals surface area contributed by atoms with E-state index in [4.69, 9.17) is 0 Å². The van der Waals surface area contributed by atoms with Gasteiger partial charge in [-0.15, -0.1) is 4.36 Å². The number of aryl methyl sites for hydroxylation is 3. The smallest absolute Gasteiger partial charge is 0.305 e. The van der Waals surface area contributed by atoms with Crippen molar-refractivity contribution >= 4 is 22.3 Å². The molecule has 1 aromatic carbocycles. The van der Waals surface area contributed by atoms with Crippen molar-refractivity contribution in [3.8, 4) is 0 Å². The molecule has 2 amide bonds. The number of nitrogens with zero attached hydrogens (tertiary/aromatic N) is 3. The zero-order chi connectivity index (χ0) is 20.2. The Bertz CT molecular complexity index is 1070. The first-order valence-corrected chi connectivity index (χ1v) is 11.3. The lowest BCUT2D eigenvalue weighted by Crippen LogP contribution is -2.26. The Balaban J connectivity index is 1.46. The van der Waals surface area contributed by atoms with Gasteiger partial charge in [0.2, 0.25) is 0 Å². The van der Waals surface area contributed by atoms with E-state index < -0.39 is 22.5 Å². The summed E-state index contributed by atoms with van der Waals surface area (Å²) in [6.07, 6.45) is 7.02. The normalized spacial score (nSPS) is 20.2. The van der Waals surface area contributed by atoms with E-state index in [0.29, 0.717) is 13.0 Å². The number of thiol groups is 1. The SMILES string of the molecule is O=C(/N=[SH](=O)/c1cnn2c1C(F)(F)CCC2)Nc1c2c(cc3c1CCC3)CCC2. The molecule has 0 saturated carbocycles. The Hall–Kier alpha value is -2.29. The Labute approximate surface area is 168 Å². The minimum absolute atomic E-state index is 0.150. The second-order valence-electron chi connectivity index (χ2n) is 7.95. The molecule has 154 valence electrons. The molecule has 0 bridgehead atoms. The number of anilines is 1. The van der Waals surface area contributed by atoms with E-state index in [1.165, 1.54) is 15.8 Å². The lowest BCUT2D eigenvalue weighted by Gasteiger charge is -2.23. The van der Waals surface area contributed by atoms with Crippen molar-refractivity contribution < 1.29 is 17.8 Å². The molecule has 1 unspecified atom stereocenters. The van der Waals surface area contributed by atoms with Gasteiger partial charge in [-0.05, 0) is 67.2 Å². The highest BCUT2D eigenvalue weighted by Crippen LogP contribution is 2.40. The number of nitrogens with one attached hydrogen (secondary N) is 1. The number of halogens is 2. The number of aromatic nitrogens is 2. The predicted octanol–water partition coefficient (Wildman–Crippen LogP) is 4.00. The van der Waals surface area contributed by atoms with Crippen LogP contribution in [0.4, 0.5) is 19.3 Å². The fourth-order valence-corrected chi connectivity index (χ4v) is 5.80. The van der Waals surface area contributed by atoms with Gasteiger partial charge in [-0.1, -0.05) is 6.07 Å². The highest BCUT2D eigenvalue weighted by Gasteiger charge is 2.41. The van der Waals surface area contributed by atoms with Gasteiger partial charge in [-0.25, -0.2) is 9.00 Å². The molecule has 1 atom stereocenters. The van der Waals surface area contributed by atoms with Crippen molar-refractivity contribution in [1.82, 2.24) is 9.78 Å². The molecule has 29 heavy (non-hydrogen) atoms. The van der Waals surface area contributed by atoms with Crippen LogP contribution in [0.3, 0.4) is 0 Å². The fourth-order valence-electron chi connectivity index (χ4n) is 4.87. The molecule has 2 heterocycles. The first-order chi connectivity index (χ1) is 13.9. The standard InChI is InChI=1S/C20H22F2N4O2S/c21-20(22)8-3-9-26-18(20)16(11-23-26)29(28)25-19(27)24-17-14-6-1-4-12(14)10-13-5-2-7-15(13)17/h10-11,29H,1-9H2,(H,24,27). The molecule has 1 aliphatic heterocycles. The quantitative estimate of drug-likeness (QED) is 0.721. The highest BCUT2D eigenvalue weighted by molar-refractivity contribution is 7.75. The van der Waals surface area contributed by atoms with Gasteiger partial charge in [0.1, 0.15) is 5.69 Å². The summed E-state index contributed by atoms with van der Waals surface area (Å²) in [6, 6.07) is 1.50. The first-order valence-electron chi connectivity index (χ1n) is 10.0. The molecule has 2 aromatic rings. The Morgan fingerprint density at radius 3 is 2.52 bits per heavy atom. The van der Waals surface area contributed by atoms with Crippen molar-refractivity contribution in [3.05, 3.63) is 40.2 Å². The van der Waals surface area contributed by atoms with Crippen LogP contribution in [0.25, 0.3) is 0 Å².